The molecule has 0 aromatic carbocycles. The smallest absolute Gasteiger partial charge is 0.222 e. The average Bonchev–Trinajstić information content (AvgIpc) is 2.96. The minimum atomic E-state index is 0.351. The van der Waals surface area contributed by atoms with Gasteiger partial charge in [-0.05, 0) is 85.9 Å². The minimum Gasteiger partial charge on any atom is -0.381 e. The Labute approximate surface area is 160 Å². The second-order valence-electron chi connectivity index (χ2n) is 10.4. The van der Waals surface area contributed by atoms with Crippen LogP contribution in [-0.4, -0.2) is 37.1 Å². The van der Waals surface area contributed by atoms with Gasteiger partial charge in [0.2, 0.25) is 5.91 Å². The number of ether oxygens (including phenoxy) is 1. The molecular weight excluding hydrogens is 322 g/mol. The highest BCUT2D eigenvalue weighted by atomic mass is 16.5. The lowest BCUT2D eigenvalue weighted by molar-refractivity contribution is -0.159. The number of rotatable bonds is 4. The standard InChI is InChI=1S/C23H39NO2/c1-5-14-26-15-16-6-8-18-17-7-9-20-23(3,13-11-21(25)24(20)4)19(17)10-12-22(16,18)2/h16-20H,5-15H2,1-4H3/t16?,17-,18-,19-,20+,22+,23+/m0/s1. The number of amides is 1. The topological polar surface area (TPSA) is 29.5 Å². The fourth-order valence-corrected chi connectivity index (χ4v) is 7.90. The fraction of sp³-hybridized carbons (Fsp3) is 0.957. The lowest BCUT2D eigenvalue weighted by Gasteiger charge is -2.61. The van der Waals surface area contributed by atoms with E-state index in [0.29, 0.717) is 22.8 Å². The Hall–Kier alpha value is -0.570. The number of nitrogens with zero attached hydrogens (tertiary/aromatic N) is 1. The van der Waals surface area contributed by atoms with Crippen molar-refractivity contribution < 1.29 is 9.53 Å². The van der Waals surface area contributed by atoms with Crippen LogP contribution in [0.3, 0.4) is 0 Å². The molecule has 3 heteroatoms. The molecule has 0 aromatic rings. The molecule has 1 saturated heterocycles. The van der Waals surface area contributed by atoms with Crippen LogP contribution in [0.5, 0.6) is 0 Å². The predicted molar refractivity (Wildman–Crippen MR) is 105 cm³/mol. The summed E-state index contributed by atoms with van der Waals surface area (Å²) in [4.78, 5) is 14.4. The molecule has 1 amide bonds. The third-order valence-electron chi connectivity index (χ3n) is 9.42. The van der Waals surface area contributed by atoms with E-state index in [9.17, 15) is 4.79 Å². The summed E-state index contributed by atoms with van der Waals surface area (Å²) < 4.78 is 6.00. The van der Waals surface area contributed by atoms with E-state index in [2.05, 4.69) is 32.7 Å². The summed E-state index contributed by atoms with van der Waals surface area (Å²) in [6.45, 7) is 9.22. The van der Waals surface area contributed by atoms with Gasteiger partial charge in [-0.2, -0.15) is 0 Å². The molecule has 1 heterocycles. The summed E-state index contributed by atoms with van der Waals surface area (Å²) in [5, 5.41) is 0. The van der Waals surface area contributed by atoms with Crippen molar-refractivity contribution in [2.45, 2.75) is 84.6 Å². The lowest BCUT2D eigenvalue weighted by atomic mass is 9.47. The highest BCUT2D eigenvalue weighted by Crippen LogP contribution is 2.66. The average molecular weight is 362 g/mol. The van der Waals surface area contributed by atoms with Crippen molar-refractivity contribution >= 4 is 5.91 Å². The molecule has 4 fully saturated rings. The number of fused-ring (bicyclic) bond motifs is 5. The molecule has 3 saturated carbocycles. The number of likely N-dealkylation sites (tertiary alicyclic amines) is 1. The Morgan fingerprint density at radius 2 is 1.81 bits per heavy atom. The first kappa shape index (κ1) is 18.8. The zero-order valence-corrected chi connectivity index (χ0v) is 17.4. The van der Waals surface area contributed by atoms with Gasteiger partial charge in [0.25, 0.3) is 0 Å². The van der Waals surface area contributed by atoms with Crippen molar-refractivity contribution in [2.75, 3.05) is 20.3 Å². The molecular formula is C23H39NO2. The number of hydrogen-bond donors (Lipinski definition) is 0. The van der Waals surface area contributed by atoms with E-state index in [-0.39, 0.29) is 0 Å². The van der Waals surface area contributed by atoms with Gasteiger partial charge in [0.1, 0.15) is 0 Å². The largest absolute Gasteiger partial charge is 0.381 e. The first-order chi connectivity index (χ1) is 12.4. The minimum absolute atomic E-state index is 0.351. The number of carbonyl (C=O) groups is 1. The molecule has 4 rings (SSSR count). The molecule has 148 valence electrons. The zero-order valence-electron chi connectivity index (χ0n) is 17.4. The highest BCUT2D eigenvalue weighted by molar-refractivity contribution is 5.77. The third-order valence-corrected chi connectivity index (χ3v) is 9.42. The molecule has 0 N–H and O–H groups in total. The normalized spacial score (nSPS) is 48.1. The summed E-state index contributed by atoms with van der Waals surface area (Å²) in [7, 11) is 2.06. The summed E-state index contributed by atoms with van der Waals surface area (Å²) in [6.07, 6.45) is 11.1. The van der Waals surface area contributed by atoms with Crippen molar-refractivity contribution in [3.63, 3.8) is 0 Å². The van der Waals surface area contributed by atoms with Crippen LogP contribution in [0.25, 0.3) is 0 Å². The molecule has 3 nitrogen and oxygen atoms in total. The van der Waals surface area contributed by atoms with E-state index in [0.717, 1.165) is 56.1 Å². The van der Waals surface area contributed by atoms with Crippen molar-refractivity contribution in [1.29, 1.82) is 0 Å². The lowest BCUT2D eigenvalue weighted by Crippen LogP contribution is -2.61. The Bertz CT molecular complexity index is 548. The van der Waals surface area contributed by atoms with Gasteiger partial charge in [-0.3, -0.25) is 4.79 Å². The Kier molecular flexibility index (Phi) is 4.91. The highest BCUT2D eigenvalue weighted by Gasteiger charge is 2.60. The molecule has 1 unspecified atom stereocenters. The second kappa shape index (κ2) is 6.79. The van der Waals surface area contributed by atoms with Crippen LogP contribution >= 0.6 is 0 Å². The van der Waals surface area contributed by atoms with Crippen LogP contribution in [-0.2, 0) is 9.53 Å². The first-order valence-corrected chi connectivity index (χ1v) is 11.2. The molecule has 0 radical (unpaired) electrons. The van der Waals surface area contributed by atoms with Gasteiger partial charge in [0, 0.05) is 32.7 Å². The van der Waals surface area contributed by atoms with Crippen LogP contribution in [0.1, 0.15) is 78.6 Å². The van der Waals surface area contributed by atoms with Gasteiger partial charge in [0.15, 0.2) is 0 Å². The van der Waals surface area contributed by atoms with Gasteiger partial charge in [-0.15, -0.1) is 0 Å². The molecule has 26 heavy (non-hydrogen) atoms. The van der Waals surface area contributed by atoms with Crippen LogP contribution in [0.2, 0.25) is 0 Å². The summed E-state index contributed by atoms with van der Waals surface area (Å²) in [5.74, 6) is 3.73. The zero-order chi connectivity index (χ0) is 18.5. The maximum absolute atomic E-state index is 12.3. The van der Waals surface area contributed by atoms with E-state index in [1.165, 1.54) is 38.5 Å². The maximum atomic E-state index is 12.3. The van der Waals surface area contributed by atoms with Gasteiger partial charge in [-0.1, -0.05) is 20.8 Å². The van der Waals surface area contributed by atoms with E-state index < -0.39 is 0 Å². The molecule has 0 bridgehead atoms. The van der Waals surface area contributed by atoms with Crippen LogP contribution < -0.4 is 0 Å². The maximum Gasteiger partial charge on any atom is 0.222 e. The van der Waals surface area contributed by atoms with Crippen LogP contribution in [0, 0.1) is 34.5 Å². The van der Waals surface area contributed by atoms with Crippen molar-refractivity contribution in [3.05, 3.63) is 0 Å². The van der Waals surface area contributed by atoms with E-state index in [1.807, 2.05) is 0 Å². The summed E-state index contributed by atoms with van der Waals surface area (Å²) >= 11 is 0. The van der Waals surface area contributed by atoms with Crippen molar-refractivity contribution in [2.24, 2.45) is 34.5 Å². The number of carbonyl (C=O) groups excluding carboxylic acids is 1. The van der Waals surface area contributed by atoms with Crippen molar-refractivity contribution in [1.82, 2.24) is 4.90 Å². The van der Waals surface area contributed by atoms with E-state index in [4.69, 9.17) is 4.74 Å². The monoisotopic (exact) mass is 361 g/mol. The van der Waals surface area contributed by atoms with Crippen molar-refractivity contribution in [3.8, 4) is 0 Å². The Morgan fingerprint density at radius 1 is 1.04 bits per heavy atom. The molecule has 4 aliphatic rings. The molecule has 0 aromatic heterocycles. The first-order valence-electron chi connectivity index (χ1n) is 11.2. The van der Waals surface area contributed by atoms with E-state index >= 15 is 0 Å². The fourth-order valence-electron chi connectivity index (χ4n) is 7.90. The quantitative estimate of drug-likeness (QED) is 0.667. The molecule has 3 aliphatic carbocycles. The van der Waals surface area contributed by atoms with Crippen LogP contribution in [0.4, 0.5) is 0 Å². The van der Waals surface area contributed by atoms with Gasteiger partial charge >= 0.3 is 0 Å². The van der Waals surface area contributed by atoms with E-state index in [1.54, 1.807) is 0 Å². The van der Waals surface area contributed by atoms with Gasteiger partial charge in [0.05, 0.1) is 0 Å². The molecule has 1 aliphatic heterocycles. The Balaban J connectivity index is 1.53. The van der Waals surface area contributed by atoms with Gasteiger partial charge in [-0.25, -0.2) is 0 Å². The van der Waals surface area contributed by atoms with Crippen LogP contribution in [0.15, 0.2) is 0 Å². The predicted octanol–water partition coefficient (Wildman–Crippen LogP) is 4.89. The van der Waals surface area contributed by atoms with Gasteiger partial charge < -0.3 is 9.64 Å². The Morgan fingerprint density at radius 3 is 2.58 bits per heavy atom. The summed E-state index contributed by atoms with van der Waals surface area (Å²) in [5.41, 5.74) is 0.845. The SMILES string of the molecule is CCCOCC1CC[C@H]2[C@@H]3CC[C@H]4N(C)C(=O)CC[C@]4(C)[C@H]3CC[C@]12C. The molecule has 7 atom stereocenters. The molecule has 0 spiro atoms. The summed E-state index contributed by atoms with van der Waals surface area (Å²) in [6, 6.07) is 0.486. The second-order valence-corrected chi connectivity index (χ2v) is 10.4. The third kappa shape index (κ3) is 2.67. The number of hydrogen-bond acceptors (Lipinski definition) is 2. The number of piperidine rings is 1.